The lowest BCUT2D eigenvalue weighted by molar-refractivity contribution is 0.197. The third-order valence-electron chi connectivity index (χ3n) is 3.91. The summed E-state index contributed by atoms with van der Waals surface area (Å²) in [4.78, 5) is 11.1. The molecule has 0 unspecified atom stereocenters. The molecule has 0 aromatic carbocycles. The van der Waals surface area contributed by atoms with E-state index in [-0.39, 0.29) is 11.0 Å². The number of hydrogen-bond acceptors (Lipinski definition) is 4. The summed E-state index contributed by atoms with van der Waals surface area (Å²) < 4.78 is 5.78. The lowest BCUT2D eigenvalue weighted by Crippen LogP contribution is -2.50. The van der Waals surface area contributed by atoms with Gasteiger partial charge < -0.3 is 20.0 Å². The second-order valence-electron chi connectivity index (χ2n) is 7.62. The first-order chi connectivity index (χ1) is 10.6. The third-order valence-corrected chi connectivity index (χ3v) is 3.91. The molecule has 2 N–H and O–H groups in total. The summed E-state index contributed by atoms with van der Waals surface area (Å²) >= 11 is 0. The smallest absolute Gasteiger partial charge is 0.216 e. The summed E-state index contributed by atoms with van der Waals surface area (Å²) in [5, 5.41) is 6.63. The number of rotatable bonds is 6. The van der Waals surface area contributed by atoms with E-state index < -0.39 is 0 Å². The maximum absolute atomic E-state index is 5.78. The normalized spacial score (nSPS) is 13.5. The molecule has 0 saturated heterocycles. The molecule has 23 heavy (non-hydrogen) atoms. The molecular weight excluding hydrogens is 290 g/mol. The minimum Gasteiger partial charge on any atom is -0.443 e. The van der Waals surface area contributed by atoms with Crippen LogP contribution in [0.25, 0.3) is 0 Å². The Morgan fingerprint density at radius 1 is 1.22 bits per heavy atom. The highest BCUT2D eigenvalue weighted by atomic mass is 16.4. The quantitative estimate of drug-likeness (QED) is 0.621. The van der Waals surface area contributed by atoms with Gasteiger partial charge in [0.25, 0.3) is 0 Å². The third kappa shape index (κ3) is 6.22. The highest BCUT2D eigenvalue weighted by molar-refractivity contribution is 5.79. The Morgan fingerprint density at radius 3 is 2.35 bits per heavy atom. The number of hydrogen-bond donors (Lipinski definition) is 2. The molecule has 0 radical (unpaired) electrons. The largest absolute Gasteiger partial charge is 0.443 e. The van der Waals surface area contributed by atoms with Crippen molar-refractivity contribution in [2.75, 3.05) is 27.2 Å². The Hall–Kier alpha value is -1.56. The predicted octanol–water partition coefficient (Wildman–Crippen LogP) is 2.37. The zero-order chi connectivity index (χ0) is 17.7. The Labute approximate surface area is 140 Å². The van der Waals surface area contributed by atoms with Gasteiger partial charge in [0.15, 0.2) is 5.96 Å². The summed E-state index contributed by atoms with van der Waals surface area (Å²) in [6.07, 6.45) is 1.79. The van der Waals surface area contributed by atoms with Crippen LogP contribution in [-0.2, 0) is 12.0 Å². The van der Waals surface area contributed by atoms with Gasteiger partial charge in [-0.1, -0.05) is 20.8 Å². The Bertz CT molecular complexity index is 511. The number of guanidine groups is 1. The SMILES string of the molecule is CCNC(=NCc1ncc(C(C)(C)C)o1)NCC(C)(C)N(C)C. The van der Waals surface area contributed by atoms with Gasteiger partial charge in [0.05, 0.1) is 6.20 Å². The zero-order valence-corrected chi connectivity index (χ0v) is 15.9. The molecule has 0 amide bonds. The maximum atomic E-state index is 5.78. The van der Waals surface area contributed by atoms with Crippen LogP contribution in [0.2, 0.25) is 0 Å². The van der Waals surface area contributed by atoms with Gasteiger partial charge in [0, 0.05) is 24.0 Å². The Balaban J connectivity index is 2.70. The number of aromatic nitrogens is 1. The Morgan fingerprint density at radius 2 is 1.87 bits per heavy atom. The van der Waals surface area contributed by atoms with E-state index >= 15 is 0 Å². The minimum atomic E-state index is -0.0343. The van der Waals surface area contributed by atoms with Crippen molar-refractivity contribution >= 4 is 5.96 Å². The van der Waals surface area contributed by atoms with E-state index in [2.05, 4.69) is 81.1 Å². The summed E-state index contributed by atoms with van der Waals surface area (Å²) in [7, 11) is 4.15. The second-order valence-corrected chi connectivity index (χ2v) is 7.62. The molecule has 1 heterocycles. The summed E-state index contributed by atoms with van der Waals surface area (Å²) in [6.45, 7) is 14.8. The van der Waals surface area contributed by atoms with Crippen molar-refractivity contribution in [1.82, 2.24) is 20.5 Å². The van der Waals surface area contributed by atoms with Crippen molar-refractivity contribution in [2.24, 2.45) is 4.99 Å². The van der Waals surface area contributed by atoms with Crippen LogP contribution < -0.4 is 10.6 Å². The molecule has 6 nitrogen and oxygen atoms in total. The molecule has 6 heteroatoms. The molecular formula is C17H33N5O. The van der Waals surface area contributed by atoms with E-state index in [0.29, 0.717) is 12.4 Å². The van der Waals surface area contributed by atoms with E-state index in [0.717, 1.165) is 24.8 Å². The van der Waals surface area contributed by atoms with Crippen LogP contribution in [0.4, 0.5) is 0 Å². The first kappa shape index (κ1) is 19.5. The van der Waals surface area contributed by atoms with Gasteiger partial charge in [0.1, 0.15) is 12.3 Å². The molecule has 132 valence electrons. The first-order valence-electron chi connectivity index (χ1n) is 8.21. The maximum Gasteiger partial charge on any atom is 0.216 e. The molecule has 1 aromatic heterocycles. The van der Waals surface area contributed by atoms with Crippen LogP contribution in [0, 0.1) is 0 Å². The highest BCUT2D eigenvalue weighted by Crippen LogP contribution is 2.22. The van der Waals surface area contributed by atoms with Crippen LogP contribution in [-0.4, -0.2) is 48.6 Å². The Kier molecular flexibility index (Phi) is 6.62. The topological polar surface area (TPSA) is 65.7 Å². The summed E-state index contributed by atoms with van der Waals surface area (Å²) in [5.74, 6) is 2.30. The fourth-order valence-electron chi connectivity index (χ4n) is 1.68. The monoisotopic (exact) mass is 323 g/mol. The molecule has 1 rings (SSSR count). The van der Waals surface area contributed by atoms with Gasteiger partial charge in [-0.25, -0.2) is 9.98 Å². The number of nitrogens with zero attached hydrogens (tertiary/aromatic N) is 3. The molecule has 0 bridgehead atoms. The fraction of sp³-hybridized carbons (Fsp3) is 0.765. The molecule has 0 saturated carbocycles. The number of nitrogens with one attached hydrogen (secondary N) is 2. The van der Waals surface area contributed by atoms with Crippen molar-refractivity contribution in [3.63, 3.8) is 0 Å². The van der Waals surface area contributed by atoms with Gasteiger partial charge in [-0.15, -0.1) is 0 Å². The number of likely N-dealkylation sites (N-methyl/N-ethyl adjacent to an activating group) is 1. The van der Waals surface area contributed by atoms with E-state index in [1.54, 1.807) is 6.20 Å². The zero-order valence-electron chi connectivity index (χ0n) is 15.9. The van der Waals surface area contributed by atoms with Crippen LogP contribution in [0.1, 0.15) is 53.2 Å². The van der Waals surface area contributed by atoms with Gasteiger partial charge in [-0.2, -0.15) is 0 Å². The molecule has 0 atom stereocenters. The molecule has 0 aliphatic heterocycles. The molecule has 0 aliphatic carbocycles. The van der Waals surface area contributed by atoms with E-state index in [9.17, 15) is 0 Å². The van der Waals surface area contributed by atoms with Crippen molar-refractivity contribution in [1.29, 1.82) is 0 Å². The lowest BCUT2D eigenvalue weighted by atomic mass is 9.94. The minimum absolute atomic E-state index is 0.0343. The number of aliphatic imine (C=N–C) groups is 1. The van der Waals surface area contributed by atoms with Gasteiger partial charge in [0.2, 0.25) is 5.89 Å². The van der Waals surface area contributed by atoms with Crippen LogP contribution in [0.15, 0.2) is 15.6 Å². The van der Waals surface area contributed by atoms with E-state index in [4.69, 9.17) is 4.42 Å². The van der Waals surface area contributed by atoms with Gasteiger partial charge in [-0.05, 0) is 34.9 Å². The number of oxazole rings is 1. The first-order valence-corrected chi connectivity index (χ1v) is 8.21. The second kappa shape index (κ2) is 7.81. The van der Waals surface area contributed by atoms with Crippen molar-refractivity contribution in [3.8, 4) is 0 Å². The van der Waals surface area contributed by atoms with Gasteiger partial charge in [-0.3, -0.25) is 0 Å². The van der Waals surface area contributed by atoms with Crippen LogP contribution >= 0.6 is 0 Å². The molecule has 0 spiro atoms. The average Bonchev–Trinajstić information content (AvgIpc) is 2.90. The van der Waals surface area contributed by atoms with Crippen molar-refractivity contribution in [3.05, 3.63) is 17.8 Å². The molecule has 0 fully saturated rings. The summed E-state index contributed by atoms with van der Waals surface area (Å²) in [6, 6.07) is 0. The van der Waals surface area contributed by atoms with Gasteiger partial charge >= 0.3 is 0 Å². The lowest BCUT2D eigenvalue weighted by Gasteiger charge is -2.33. The highest BCUT2D eigenvalue weighted by Gasteiger charge is 2.21. The summed E-state index contributed by atoms with van der Waals surface area (Å²) in [5.41, 5.74) is 0.00593. The molecule has 1 aromatic rings. The van der Waals surface area contributed by atoms with Crippen LogP contribution in [0.3, 0.4) is 0 Å². The van der Waals surface area contributed by atoms with E-state index in [1.165, 1.54) is 0 Å². The van der Waals surface area contributed by atoms with Crippen molar-refractivity contribution in [2.45, 2.75) is 59.0 Å². The van der Waals surface area contributed by atoms with E-state index in [1.807, 2.05) is 0 Å². The average molecular weight is 323 g/mol. The molecule has 0 aliphatic rings. The fourth-order valence-corrected chi connectivity index (χ4v) is 1.68. The predicted molar refractivity (Wildman–Crippen MR) is 95.8 cm³/mol. The van der Waals surface area contributed by atoms with Crippen molar-refractivity contribution < 1.29 is 4.42 Å². The standard InChI is InChI=1S/C17H33N5O/c1-9-18-15(21-12-17(5,6)22(7)8)20-11-14-19-10-13(23-14)16(2,3)4/h10H,9,11-12H2,1-8H3,(H2,18,20,21). The van der Waals surface area contributed by atoms with Crippen LogP contribution in [0.5, 0.6) is 0 Å².